The van der Waals surface area contributed by atoms with Crippen molar-refractivity contribution in [3.05, 3.63) is 5.82 Å². The maximum atomic E-state index is 4.11. The summed E-state index contributed by atoms with van der Waals surface area (Å²) in [6, 6.07) is 0. The lowest BCUT2D eigenvalue weighted by atomic mass is 10.2. The van der Waals surface area contributed by atoms with Gasteiger partial charge in [-0.2, -0.15) is 0 Å². The fourth-order valence-electron chi connectivity index (χ4n) is 1.35. The molecule has 0 aliphatic rings. The first-order valence-corrected chi connectivity index (χ1v) is 6.93. The standard InChI is InChI=1S/C11H22N4S/c1-4-5-6-7-12-8-9-16-11-14-13-10(2)15(11)3/h12H,4-9H2,1-3H3. The Morgan fingerprint density at radius 2 is 2.06 bits per heavy atom. The van der Waals surface area contributed by atoms with Gasteiger partial charge >= 0.3 is 0 Å². The van der Waals surface area contributed by atoms with Gasteiger partial charge in [0.05, 0.1) is 0 Å². The van der Waals surface area contributed by atoms with Crippen LogP contribution in [0.3, 0.4) is 0 Å². The van der Waals surface area contributed by atoms with Crippen LogP contribution in [0.4, 0.5) is 0 Å². The summed E-state index contributed by atoms with van der Waals surface area (Å²) in [5.74, 6) is 2.02. The van der Waals surface area contributed by atoms with Crippen LogP contribution < -0.4 is 5.32 Å². The molecule has 0 radical (unpaired) electrons. The zero-order chi connectivity index (χ0) is 11.8. The van der Waals surface area contributed by atoms with Crippen LogP contribution in [-0.4, -0.2) is 33.6 Å². The van der Waals surface area contributed by atoms with E-state index in [4.69, 9.17) is 0 Å². The van der Waals surface area contributed by atoms with Crippen LogP contribution in [-0.2, 0) is 7.05 Å². The second-order valence-electron chi connectivity index (χ2n) is 3.89. The topological polar surface area (TPSA) is 42.7 Å². The molecular weight excluding hydrogens is 220 g/mol. The SMILES string of the molecule is CCCCCNCCSc1nnc(C)n1C. The number of aromatic nitrogens is 3. The highest BCUT2D eigenvalue weighted by molar-refractivity contribution is 7.99. The maximum absolute atomic E-state index is 4.11. The van der Waals surface area contributed by atoms with Crippen molar-refractivity contribution in [3.63, 3.8) is 0 Å². The number of nitrogens with one attached hydrogen (secondary N) is 1. The van der Waals surface area contributed by atoms with Crippen molar-refractivity contribution >= 4 is 11.8 Å². The normalized spacial score (nSPS) is 10.9. The van der Waals surface area contributed by atoms with Gasteiger partial charge in [0.1, 0.15) is 5.82 Å². The van der Waals surface area contributed by atoms with Crippen molar-refractivity contribution in [3.8, 4) is 0 Å². The van der Waals surface area contributed by atoms with E-state index in [0.29, 0.717) is 0 Å². The maximum Gasteiger partial charge on any atom is 0.190 e. The van der Waals surface area contributed by atoms with E-state index >= 15 is 0 Å². The molecule has 1 aromatic heterocycles. The summed E-state index contributed by atoms with van der Waals surface area (Å²) >= 11 is 1.76. The molecule has 0 fully saturated rings. The minimum absolute atomic E-state index is 0.971. The van der Waals surface area contributed by atoms with Crippen LogP contribution in [0, 0.1) is 6.92 Å². The molecule has 0 bridgehead atoms. The third-order valence-electron chi connectivity index (χ3n) is 2.52. The second kappa shape index (κ2) is 7.68. The van der Waals surface area contributed by atoms with Crippen molar-refractivity contribution < 1.29 is 0 Å². The van der Waals surface area contributed by atoms with Gasteiger partial charge in [-0.1, -0.05) is 31.5 Å². The Bertz CT molecular complexity index is 298. The Labute approximate surface area is 102 Å². The lowest BCUT2D eigenvalue weighted by Crippen LogP contribution is -2.18. The summed E-state index contributed by atoms with van der Waals surface area (Å²) in [4.78, 5) is 0. The molecule has 0 aromatic carbocycles. The predicted molar refractivity (Wildman–Crippen MR) is 68.9 cm³/mol. The first kappa shape index (κ1) is 13.5. The average Bonchev–Trinajstić information content (AvgIpc) is 2.59. The van der Waals surface area contributed by atoms with Gasteiger partial charge in [0, 0.05) is 19.3 Å². The molecule has 16 heavy (non-hydrogen) atoms. The van der Waals surface area contributed by atoms with Gasteiger partial charge in [-0.05, 0) is 19.9 Å². The number of hydrogen-bond acceptors (Lipinski definition) is 4. The summed E-state index contributed by atoms with van der Waals surface area (Å²) in [7, 11) is 2.01. The van der Waals surface area contributed by atoms with E-state index < -0.39 is 0 Å². The van der Waals surface area contributed by atoms with Crippen LogP contribution in [0.25, 0.3) is 0 Å². The van der Waals surface area contributed by atoms with Crippen LogP contribution in [0.5, 0.6) is 0 Å². The summed E-state index contributed by atoms with van der Waals surface area (Å²) in [6.45, 7) is 6.37. The molecule has 92 valence electrons. The Kier molecular flexibility index (Phi) is 6.49. The van der Waals surface area contributed by atoms with Gasteiger partial charge in [-0.3, -0.25) is 0 Å². The molecule has 1 heterocycles. The zero-order valence-corrected chi connectivity index (χ0v) is 11.3. The molecule has 0 aliphatic carbocycles. The third kappa shape index (κ3) is 4.53. The van der Waals surface area contributed by atoms with E-state index in [1.54, 1.807) is 11.8 Å². The molecule has 1 N–H and O–H groups in total. The van der Waals surface area contributed by atoms with Gasteiger partial charge in [-0.25, -0.2) is 0 Å². The predicted octanol–water partition coefficient (Wildman–Crippen LogP) is 2.00. The van der Waals surface area contributed by atoms with Crippen molar-refractivity contribution in [2.75, 3.05) is 18.8 Å². The smallest absolute Gasteiger partial charge is 0.190 e. The van der Waals surface area contributed by atoms with Crippen LogP contribution in [0.2, 0.25) is 0 Å². The largest absolute Gasteiger partial charge is 0.316 e. The number of hydrogen-bond donors (Lipinski definition) is 1. The molecule has 0 unspecified atom stereocenters. The zero-order valence-electron chi connectivity index (χ0n) is 10.5. The van der Waals surface area contributed by atoms with Crippen LogP contribution in [0.15, 0.2) is 5.16 Å². The Hall–Kier alpha value is -0.550. The van der Waals surface area contributed by atoms with E-state index in [9.17, 15) is 0 Å². The van der Waals surface area contributed by atoms with Crippen LogP contribution >= 0.6 is 11.8 Å². The van der Waals surface area contributed by atoms with Crippen molar-refractivity contribution in [1.82, 2.24) is 20.1 Å². The Morgan fingerprint density at radius 1 is 1.25 bits per heavy atom. The monoisotopic (exact) mass is 242 g/mol. The van der Waals surface area contributed by atoms with E-state index in [-0.39, 0.29) is 0 Å². The van der Waals surface area contributed by atoms with Crippen molar-refractivity contribution in [1.29, 1.82) is 0 Å². The number of thioether (sulfide) groups is 1. The third-order valence-corrected chi connectivity index (χ3v) is 3.54. The molecule has 0 saturated heterocycles. The first-order chi connectivity index (χ1) is 7.75. The quantitative estimate of drug-likeness (QED) is 0.559. The fraction of sp³-hybridized carbons (Fsp3) is 0.818. The van der Waals surface area contributed by atoms with Crippen molar-refractivity contribution in [2.24, 2.45) is 7.05 Å². The highest BCUT2D eigenvalue weighted by atomic mass is 32.2. The Balaban J connectivity index is 2.05. The molecule has 5 heteroatoms. The summed E-state index contributed by atoms with van der Waals surface area (Å²) in [6.07, 6.45) is 3.89. The molecule has 0 saturated carbocycles. The molecule has 4 nitrogen and oxygen atoms in total. The lowest BCUT2D eigenvalue weighted by Gasteiger charge is -2.04. The molecule has 0 atom stereocenters. The van der Waals surface area contributed by atoms with E-state index in [0.717, 1.165) is 29.8 Å². The number of unbranched alkanes of at least 4 members (excludes halogenated alkanes) is 2. The van der Waals surface area contributed by atoms with Crippen molar-refractivity contribution in [2.45, 2.75) is 38.3 Å². The van der Waals surface area contributed by atoms with E-state index in [1.165, 1.54) is 19.3 Å². The summed E-state index contributed by atoms with van der Waals surface area (Å²) in [5.41, 5.74) is 0. The molecule has 0 amide bonds. The Morgan fingerprint density at radius 3 is 2.69 bits per heavy atom. The molecule has 1 aromatic rings. The minimum Gasteiger partial charge on any atom is -0.316 e. The molecule has 1 rings (SSSR count). The molecule has 0 spiro atoms. The number of rotatable bonds is 8. The van der Waals surface area contributed by atoms with Gasteiger partial charge in [0.2, 0.25) is 0 Å². The second-order valence-corrected chi connectivity index (χ2v) is 4.96. The van der Waals surface area contributed by atoms with Gasteiger partial charge in [0.25, 0.3) is 0 Å². The van der Waals surface area contributed by atoms with Gasteiger partial charge in [-0.15, -0.1) is 10.2 Å². The summed E-state index contributed by atoms with van der Waals surface area (Å²) < 4.78 is 2.03. The molecule has 0 aliphatic heterocycles. The van der Waals surface area contributed by atoms with E-state index in [2.05, 4.69) is 22.4 Å². The van der Waals surface area contributed by atoms with Gasteiger partial charge in [0.15, 0.2) is 5.16 Å². The first-order valence-electron chi connectivity index (χ1n) is 5.95. The molecular formula is C11H22N4S. The minimum atomic E-state index is 0.971. The van der Waals surface area contributed by atoms with Gasteiger partial charge < -0.3 is 9.88 Å². The average molecular weight is 242 g/mol. The lowest BCUT2D eigenvalue weighted by molar-refractivity contribution is 0.635. The fourth-order valence-corrected chi connectivity index (χ4v) is 2.21. The highest BCUT2D eigenvalue weighted by Crippen LogP contribution is 2.13. The number of nitrogens with zero attached hydrogens (tertiary/aromatic N) is 3. The number of aryl methyl sites for hydroxylation is 1. The van der Waals surface area contributed by atoms with Crippen LogP contribution in [0.1, 0.15) is 32.0 Å². The summed E-state index contributed by atoms with van der Waals surface area (Å²) in [5, 5.41) is 12.6. The van der Waals surface area contributed by atoms with E-state index in [1.807, 2.05) is 18.5 Å². The highest BCUT2D eigenvalue weighted by Gasteiger charge is 2.04.